The van der Waals surface area contributed by atoms with Crippen molar-refractivity contribution < 1.29 is 4.79 Å². The Bertz CT molecular complexity index is 901. The number of carbonyl (C=O) groups excluding carboxylic acids is 1. The number of anilines is 3. The van der Waals surface area contributed by atoms with E-state index in [0.717, 1.165) is 42.8 Å². The number of nitrogens with zero attached hydrogens (tertiary/aromatic N) is 4. The average Bonchev–Trinajstić information content (AvgIpc) is 2.89. The fourth-order valence-electron chi connectivity index (χ4n) is 4.37. The molecule has 156 valence electrons. The molecule has 1 aromatic heterocycles. The minimum Gasteiger partial charge on any atom is -0.316 e. The Labute approximate surface area is 174 Å². The van der Waals surface area contributed by atoms with Crippen LogP contribution in [0.5, 0.6) is 0 Å². The number of hydrogen-bond acceptors (Lipinski definition) is 5. The smallest absolute Gasteiger partial charge is 0.249 e. The second-order valence-electron chi connectivity index (χ2n) is 8.01. The molecule has 2 heterocycles. The first-order valence-electron chi connectivity index (χ1n) is 10.6. The van der Waals surface area contributed by atoms with Crippen molar-refractivity contribution >= 4 is 23.4 Å². The van der Waals surface area contributed by atoms with E-state index in [1.54, 1.807) is 4.90 Å². The Morgan fingerprint density at radius 3 is 2.31 bits per heavy atom. The molecule has 6 heteroatoms. The molecule has 1 aliphatic heterocycles. The maximum absolute atomic E-state index is 12.8. The third kappa shape index (κ3) is 3.86. The Hall–Kier alpha value is -2.47. The fraction of sp³-hybridized carbons (Fsp3) is 0.522. The molecule has 0 aliphatic carbocycles. The van der Waals surface area contributed by atoms with E-state index in [4.69, 9.17) is 15.7 Å². The van der Waals surface area contributed by atoms with Crippen molar-refractivity contribution in [2.75, 3.05) is 22.9 Å². The Morgan fingerprint density at radius 2 is 1.72 bits per heavy atom. The van der Waals surface area contributed by atoms with Gasteiger partial charge in [-0.2, -0.15) is 4.98 Å². The van der Waals surface area contributed by atoms with Gasteiger partial charge in [0.05, 0.1) is 5.69 Å². The molecule has 2 N–H and O–H groups in total. The highest BCUT2D eigenvalue weighted by molar-refractivity contribution is 6.03. The summed E-state index contributed by atoms with van der Waals surface area (Å²) in [5.74, 6) is 1.24. The quantitative estimate of drug-likeness (QED) is 0.703. The van der Waals surface area contributed by atoms with Gasteiger partial charge in [0.25, 0.3) is 0 Å². The molecule has 6 nitrogen and oxygen atoms in total. The van der Waals surface area contributed by atoms with Crippen LogP contribution < -0.4 is 15.5 Å². The number of rotatable bonds is 7. The maximum atomic E-state index is 12.8. The molecule has 1 unspecified atom stereocenters. The van der Waals surface area contributed by atoms with Crippen molar-refractivity contribution in [1.29, 1.82) is 0 Å². The monoisotopic (exact) mass is 395 g/mol. The molecule has 0 radical (unpaired) electrons. The molecule has 0 saturated heterocycles. The second kappa shape index (κ2) is 8.49. The summed E-state index contributed by atoms with van der Waals surface area (Å²) in [4.78, 5) is 26.3. The molecule has 0 fully saturated rings. The summed E-state index contributed by atoms with van der Waals surface area (Å²) in [5, 5.41) is 0. The summed E-state index contributed by atoms with van der Waals surface area (Å²) in [5.41, 5.74) is 12.5. The van der Waals surface area contributed by atoms with Gasteiger partial charge in [0, 0.05) is 24.3 Å². The third-order valence-corrected chi connectivity index (χ3v) is 5.65. The van der Waals surface area contributed by atoms with E-state index < -0.39 is 6.04 Å². The molecule has 1 amide bonds. The van der Waals surface area contributed by atoms with Crippen LogP contribution in [0, 0.1) is 27.7 Å². The van der Waals surface area contributed by atoms with Gasteiger partial charge in [0.1, 0.15) is 11.9 Å². The molecule has 1 aliphatic rings. The Morgan fingerprint density at radius 1 is 1.07 bits per heavy atom. The minimum absolute atomic E-state index is 0.0728. The van der Waals surface area contributed by atoms with E-state index in [9.17, 15) is 4.79 Å². The van der Waals surface area contributed by atoms with Crippen molar-refractivity contribution in [1.82, 2.24) is 9.97 Å². The molecule has 1 aromatic carbocycles. The number of aromatic nitrogens is 2. The number of aryl methyl sites for hydroxylation is 4. The summed E-state index contributed by atoms with van der Waals surface area (Å²) in [6.07, 6.45) is 3.12. The van der Waals surface area contributed by atoms with Crippen molar-refractivity contribution in [3.63, 3.8) is 0 Å². The zero-order valence-electron chi connectivity index (χ0n) is 18.5. The maximum Gasteiger partial charge on any atom is 0.249 e. The van der Waals surface area contributed by atoms with Gasteiger partial charge in [0.2, 0.25) is 11.9 Å². The molecular formula is C23H33N5O. The number of hydrogen-bond donors (Lipinski definition) is 1. The lowest BCUT2D eigenvalue weighted by Crippen LogP contribution is -2.33. The fourth-order valence-corrected chi connectivity index (χ4v) is 4.37. The van der Waals surface area contributed by atoms with Gasteiger partial charge in [-0.1, -0.05) is 37.5 Å². The van der Waals surface area contributed by atoms with Gasteiger partial charge < -0.3 is 10.6 Å². The first-order chi connectivity index (χ1) is 13.8. The van der Waals surface area contributed by atoms with Crippen molar-refractivity contribution in [2.24, 2.45) is 5.73 Å². The summed E-state index contributed by atoms with van der Waals surface area (Å²) < 4.78 is 0. The molecule has 2 aromatic rings. The van der Waals surface area contributed by atoms with E-state index in [1.807, 2.05) is 6.92 Å². The Kier molecular flexibility index (Phi) is 6.22. The third-order valence-electron chi connectivity index (χ3n) is 5.65. The van der Waals surface area contributed by atoms with Crippen LogP contribution in [-0.2, 0) is 4.79 Å². The van der Waals surface area contributed by atoms with E-state index >= 15 is 0 Å². The first-order valence-corrected chi connectivity index (χ1v) is 10.6. The summed E-state index contributed by atoms with van der Waals surface area (Å²) in [7, 11) is 0. The zero-order chi connectivity index (χ0) is 21.3. The normalized spacial score (nSPS) is 15.8. The van der Waals surface area contributed by atoms with Crippen LogP contribution >= 0.6 is 0 Å². The van der Waals surface area contributed by atoms with Gasteiger partial charge in [-0.3, -0.25) is 9.69 Å². The Balaban J connectivity index is 2.08. The van der Waals surface area contributed by atoms with Crippen LogP contribution in [0.3, 0.4) is 0 Å². The zero-order valence-corrected chi connectivity index (χ0v) is 18.5. The van der Waals surface area contributed by atoms with Crippen molar-refractivity contribution in [2.45, 2.75) is 66.8 Å². The number of nitrogens with two attached hydrogens (primary N) is 1. The highest BCUT2D eigenvalue weighted by Gasteiger charge is 2.38. The second-order valence-corrected chi connectivity index (χ2v) is 8.01. The average molecular weight is 396 g/mol. The largest absolute Gasteiger partial charge is 0.316 e. The number of benzene rings is 1. The highest BCUT2D eigenvalue weighted by Crippen LogP contribution is 2.38. The summed E-state index contributed by atoms with van der Waals surface area (Å²) in [6, 6.07) is 3.70. The van der Waals surface area contributed by atoms with Crippen molar-refractivity contribution in [3.05, 3.63) is 40.1 Å². The highest BCUT2D eigenvalue weighted by atomic mass is 16.2. The minimum atomic E-state index is -0.668. The van der Waals surface area contributed by atoms with E-state index in [2.05, 4.69) is 51.7 Å². The topological polar surface area (TPSA) is 75.3 Å². The lowest BCUT2D eigenvalue weighted by atomic mass is 10.0. The standard InChI is InChI=1S/C23H33N5O/c1-7-9-10-11-28-21-18(19(24)22(28)29)17(6)25-23(26-21)27(8-2)20-15(4)12-14(3)13-16(20)5/h12-13,19H,7-11,24H2,1-6H3. The molecule has 1 atom stereocenters. The van der Waals surface area contributed by atoms with E-state index in [-0.39, 0.29) is 5.91 Å². The molecule has 0 bridgehead atoms. The lowest BCUT2D eigenvalue weighted by Gasteiger charge is -2.27. The molecule has 0 saturated carbocycles. The summed E-state index contributed by atoms with van der Waals surface area (Å²) in [6.45, 7) is 13.9. The first kappa shape index (κ1) is 21.2. The molecule has 3 rings (SSSR count). The summed E-state index contributed by atoms with van der Waals surface area (Å²) >= 11 is 0. The van der Waals surface area contributed by atoms with Gasteiger partial charge in [-0.15, -0.1) is 0 Å². The predicted molar refractivity (Wildman–Crippen MR) is 119 cm³/mol. The number of unbranched alkanes of at least 4 members (excludes halogenated alkanes) is 2. The molecule has 0 spiro atoms. The van der Waals surface area contributed by atoms with E-state index in [0.29, 0.717) is 18.3 Å². The number of fused-ring (bicyclic) bond motifs is 1. The lowest BCUT2D eigenvalue weighted by molar-refractivity contribution is -0.119. The number of carbonyl (C=O) groups is 1. The van der Waals surface area contributed by atoms with Gasteiger partial charge in [-0.05, 0) is 52.2 Å². The van der Waals surface area contributed by atoms with Crippen LogP contribution in [0.15, 0.2) is 12.1 Å². The SMILES string of the molecule is CCCCCN1C(=O)C(N)c2c(C)nc(N(CC)c3c(C)cc(C)cc3C)nc21. The molecular weight excluding hydrogens is 362 g/mol. The van der Waals surface area contributed by atoms with Gasteiger partial charge in [0.15, 0.2) is 0 Å². The van der Waals surface area contributed by atoms with E-state index in [1.165, 1.54) is 16.7 Å². The van der Waals surface area contributed by atoms with Crippen molar-refractivity contribution in [3.8, 4) is 0 Å². The molecule has 29 heavy (non-hydrogen) atoms. The van der Waals surface area contributed by atoms with Crippen LogP contribution in [0.4, 0.5) is 17.5 Å². The predicted octanol–water partition coefficient (Wildman–Crippen LogP) is 4.40. The van der Waals surface area contributed by atoms with Gasteiger partial charge >= 0.3 is 0 Å². The van der Waals surface area contributed by atoms with Gasteiger partial charge in [-0.25, -0.2) is 4.98 Å². The van der Waals surface area contributed by atoms with Crippen LogP contribution in [0.25, 0.3) is 0 Å². The van der Waals surface area contributed by atoms with Crippen LogP contribution in [0.2, 0.25) is 0 Å². The van der Waals surface area contributed by atoms with Crippen LogP contribution in [-0.4, -0.2) is 29.0 Å². The van der Waals surface area contributed by atoms with Crippen LogP contribution in [0.1, 0.15) is 67.1 Å². The number of amides is 1.